The standard InChI is InChI=1S/C16H21NO3/c1-11(18)10-13-6-5-9-17(13)16(20)15-8-4-3-7-14(15)12(2)19/h3-4,7-8,11,13,18H,5-6,9-10H2,1-2H3. The van der Waals surface area contributed by atoms with E-state index in [4.69, 9.17) is 0 Å². The Labute approximate surface area is 119 Å². The molecule has 1 heterocycles. The second-order valence-corrected chi connectivity index (χ2v) is 5.48. The predicted molar refractivity (Wildman–Crippen MR) is 76.8 cm³/mol. The fraction of sp³-hybridized carbons (Fsp3) is 0.500. The van der Waals surface area contributed by atoms with Crippen LogP contribution in [0, 0.1) is 0 Å². The number of hydrogen-bond donors (Lipinski definition) is 1. The Morgan fingerprint density at radius 3 is 2.60 bits per heavy atom. The summed E-state index contributed by atoms with van der Waals surface area (Å²) in [6, 6.07) is 7.01. The van der Waals surface area contributed by atoms with E-state index >= 15 is 0 Å². The minimum absolute atomic E-state index is 0.0718. The van der Waals surface area contributed by atoms with Gasteiger partial charge in [-0.2, -0.15) is 0 Å². The third-order valence-electron chi connectivity index (χ3n) is 3.79. The van der Waals surface area contributed by atoms with Crippen LogP contribution in [0.15, 0.2) is 24.3 Å². The number of nitrogens with zero attached hydrogens (tertiary/aromatic N) is 1. The Morgan fingerprint density at radius 1 is 1.35 bits per heavy atom. The summed E-state index contributed by atoms with van der Waals surface area (Å²) in [6.07, 6.45) is 2.04. The van der Waals surface area contributed by atoms with Gasteiger partial charge in [-0.25, -0.2) is 0 Å². The van der Waals surface area contributed by atoms with E-state index in [2.05, 4.69) is 0 Å². The number of likely N-dealkylation sites (tertiary alicyclic amines) is 1. The summed E-state index contributed by atoms with van der Waals surface area (Å²) in [4.78, 5) is 26.1. The molecule has 1 saturated heterocycles. The summed E-state index contributed by atoms with van der Waals surface area (Å²) in [7, 11) is 0. The molecular weight excluding hydrogens is 254 g/mol. The van der Waals surface area contributed by atoms with Gasteiger partial charge in [0.25, 0.3) is 5.91 Å². The molecule has 2 atom stereocenters. The van der Waals surface area contributed by atoms with Crippen LogP contribution in [0.3, 0.4) is 0 Å². The summed E-state index contributed by atoms with van der Waals surface area (Å²) in [5, 5.41) is 9.53. The molecule has 0 spiro atoms. The maximum Gasteiger partial charge on any atom is 0.254 e. The third kappa shape index (κ3) is 3.07. The smallest absolute Gasteiger partial charge is 0.254 e. The highest BCUT2D eigenvalue weighted by atomic mass is 16.3. The second kappa shape index (κ2) is 6.18. The number of ketones is 1. The minimum Gasteiger partial charge on any atom is -0.393 e. The molecule has 1 aromatic rings. The van der Waals surface area contributed by atoms with Crippen LogP contribution in [0.2, 0.25) is 0 Å². The lowest BCUT2D eigenvalue weighted by Crippen LogP contribution is -2.37. The highest BCUT2D eigenvalue weighted by molar-refractivity contribution is 6.07. The van der Waals surface area contributed by atoms with Crippen LogP contribution in [0.1, 0.15) is 53.8 Å². The van der Waals surface area contributed by atoms with Crippen LogP contribution in [0.4, 0.5) is 0 Å². The van der Waals surface area contributed by atoms with E-state index in [1.165, 1.54) is 6.92 Å². The predicted octanol–water partition coefficient (Wildman–Crippen LogP) is 2.26. The Hall–Kier alpha value is -1.68. The van der Waals surface area contributed by atoms with Crippen molar-refractivity contribution in [3.63, 3.8) is 0 Å². The van der Waals surface area contributed by atoms with Gasteiger partial charge in [0.05, 0.1) is 11.7 Å². The topological polar surface area (TPSA) is 57.6 Å². The first-order valence-electron chi connectivity index (χ1n) is 7.09. The monoisotopic (exact) mass is 275 g/mol. The lowest BCUT2D eigenvalue weighted by molar-refractivity contribution is 0.0678. The summed E-state index contributed by atoms with van der Waals surface area (Å²) in [5.74, 6) is -0.195. The van der Waals surface area contributed by atoms with Gasteiger partial charge >= 0.3 is 0 Å². The van der Waals surface area contributed by atoms with Crippen LogP contribution in [0.25, 0.3) is 0 Å². The molecule has 0 radical (unpaired) electrons. The molecule has 2 unspecified atom stereocenters. The van der Waals surface area contributed by atoms with Gasteiger partial charge in [-0.3, -0.25) is 9.59 Å². The molecule has 2 rings (SSSR count). The summed E-state index contributed by atoms with van der Waals surface area (Å²) >= 11 is 0. The fourth-order valence-corrected chi connectivity index (χ4v) is 2.87. The molecule has 0 aliphatic carbocycles. The van der Waals surface area contributed by atoms with Crippen molar-refractivity contribution in [1.29, 1.82) is 0 Å². The quantitative estimate of drug-likeness (QED) is 0.858. The number of carbonyl (C=O) groups excluding carboxylic acids is 2. The molecule has 1 amide bonds. The van der Waals surface area contributed by atoms with Gasteiger partial charge in [0, 0.05) is 18.2 Å². The molecule has 1 aliphatic heterocycles. The van der Waals surface area contributed by atoms with Crippen molar-refractivity contribution >= 4 is 11.7 Å². The Morgan fingerprint density at radius 2 is 2.00 bits per heavy atom. The molecule has 1 aromatic carbocycles. The highest BCUT2D eigenvalue weighted by Gasteiger charge is 2.31. The van der Waals surface area contributed by atoms with Crippen molar-refractivity contribution in [2.75, 3.05) is 6.54 Å². The maximum absolute atomic E-state index is 12.7. The highest BCUT2D eigenvalue weighted by Crippen LogP contribution is 2.24. The van der Waals surface area contributed by atoms with Crippen molar-refractivity contribution < 1.29 is 14.7 Å². The Kier molecular flexibility index (Phi) is 4.55. The SMILES string of the molecule is CC(=O)c1ccccc1C(=O)N1CCCC1CC(C)O. The number of aliphatic hydroxyl groups is 1. The number of carbonyl (C=O) groups is 2. The van der Waals surface area contributed by atoms with Gasteiger partial charge in [0.2, 0.25) is 0 Å². The van der Waals surface area contributed by atoms with E-state index in [1.54, 1.807) is 36.1 Å². The van der Waals surface area contributed by atoms with E-state index in [9.17, 15) is 14.7 Å². The van der Waals surface area contributed by atoms with Gasteiger partial charge < -0.3 is 10.0 Å². The number of benzene rings is 1. The normalized spacial score (nSPS) is 19.9. The lowest BCUT2D eigenvalue weighted by atomic mass is 10.0. The zero-order valence-electron chi connectivity index (χ0n) is 12.0. The van der Waals surface area contributed by atoms with Gasteiger partial charge in [0.15, 0.2) is 5.78 Å². The zero-order chi connectivity index (χ0) is 14.7. The van der Waals surface area contributed by atoms with E-state index in [0.29, 0.717) is 24.1 Å². The van der Waals surface area contributed by atoms with E-state index in [1.807, 2.05) is 0 Å². The average molecular weight is 275 g/mol. The zero-order valence-corrected chi connectivity index (χ0v) is 12.0. The summed E-state index contributed by atoms with van der Waals surface area (Å²) in [6.45, 7) is 3.91. The van der Waals surface area contributed by atoms with E-state index in [-0.39, 0.29) is 17.7 Å². The molecule has 0 aromatic heterocycles. The fourth-order valence-electron chi connectivity index (χ4n) is 2.87. The molecule has 0 bridgehead atoms. The summed E-state index contributed by atoms with van der Waals surface area (Å²) < 4.78 is 0. The van der Waals surface area contributed by atoms with Crippen molar-refractivity contribution in [3.8, 4) is 0 Å². The van der Waals surface area contributed by atoms with Crippen LogP contribution in [-0.2, 0) is 0 Å². The van der Waals surface area contributed by atoms with Gasteiger partial charge in [-0.05, 0) is 39.2 Å². The van der Waals surface area contributed by atoms with Crippen molar-refractivity contribution in [2.45, 2.75) is 45.3 Å². The van der Waals surface area contributed by atoms with Crippen LogP contribution in [-0.4, -0.2) is 40.4 Å². The third-order valence-corrected chi connectivity index (χ3v) is 3.79. The van der Waals surface area contributed by atoms with Gasteiger partial charge in [-0.1, -0.05) is 18.2 Å². The van der Waals surface area contributed by atoms with Crippen LogP contribution in [0.5, 0.6) is 0 Å². The molecule has 1 aliphatic rings. The minimum atomic E-state index is -0.420. The first-order valence-corrected chi connectivity index (χ1v) is 7.09. The second-order valence-electron chi connectivity index (χ2n) is 5.48. The van der Waals surface area contributed by atoms with Gasteiger partial charge in [-0.15, -0.1) is 0 Å². The lowest BCUT2D eigenvalue weighted by Gasteiger charge is -2.26. The molecule has 0 saturated carbocycles. The number of rotatable bonds is 4. The van der Waals surface area contributed by atoms with Crippen LogP contribution >= 0.6 is 0 Å². The first kappa shape index (κ1) is 14.7. The van der Waals surface area contributed by atoms with E-state index < -0.39 is 6.10 Å². The molecule has 4 nitrogen and oxygen atoms in total. The van der Waals surface area contributed by atoms with Crippen molar-refractivity contribution in [1.82, 2.24) is 4.90 Å². The molecule has 20 heavy (non-hydrogen) atoms. The molecule has 1 fully saturated rings. The first-order chi connectivity index (χ1) is 9.50. The van der Waals surface area contributed by atoms with Crippen molar-refractivity contribution in [3.05, 3.63) is 35.4 Å². The average Bonchev–Trinajstić information content (AvgIpc) is 2.85. The molecule has 108 valence electrons. The van der Waals surface area contributed by atoms with E-state index in [0.717, 1.165) is 12.8 Å². The number of amides is 1. The summed E-state index contributed by atoms with van der Waals surface area (Å²) in [5.41, 5.74) is 0.942. The maximum atomic E-state index is 12.7. The van der Waals surface area contributed by atoms with Crippen molar-refractivity contribution in [2.24, 2.45) is 0 Å². The molecular formula is C16H21NO3. The molecule has 4 heteroatoms. The Bertz CT molecular complexity index is 510. The molecule has 1 N–H and O–H groups in total. The van der Waals surface area contributed by atoms with Gasteiger partial charge in [0.1, 0.15) is 0 Å². The number of hydrogen-bond acceptors (Lipinski definition) is 3. The number of aliphatic hydroxyl groups excluding tert-OH is 1. The number of Topliss-reactive ketones (excluding diaryl/α,β-unsaturated/α-hetero) is 1. The largest absolute Gasteiger partial charge is 0.393 e. The van der Waals surface area contributed by atoms with Crippen LogP contribution < -0.4 is 0 Å². The Balaban J connectivity index is 2.25.